The fourth-order valence-electron chi connectivity index (χ4n) is 2.03. The van der Waals surface area contributed by atoms with E-state index in [1.807, 2.05) is 0 Å². The third kappa shape index (κ3) is 2.76. The van der Waals surface area contributed by atoms with Crippen LogP contribution in [0, 0.1) is 12.8 Å². The van der Waals surface area contributed by atoms with Gasteiger partial charge < -0.3 is 15.8 Å². The van der Waals surface area contributed by atoms with Crippen LogP contribution in [0.25, 0.3) is 0 Å². The Morgan fingerprint density at radius 3 is 3.12 bits per heavy atom. The molecule has 2 heterocycles. The summed E-state index contributed by atoms with van der Waals surface area (Å²) >= 11 is 0. The first-order valence-corrected chi connectivity index (χ1v) is 5.85. The molecule has 0 aromatic carbocycles. The number of aromatic amines is 1. The number of hydrogen-bond donors (Lipinski definition) is 3. The molecule has 1 atom stereocenters. The van der Waals surface area contributed by atoms with Crippen LogP contribution < -0.4 is 11.1 Å². The lowest BCUT2D eigenvalue weighted by Gasteiger charge is -2.22. The maximum Gasteiger partial charge on any atom is 0.256 e. The molecule has 1 aliphatic rings. The molecule has 1 aliphatic heterocycles. The molecule has 1 fully saturated rings. The molecule has 0 aliphatic carbocycles. The zero-order valence-corrected chi connectivity index (χ0v) is 9.95. The number of nitrogen functional groups attached to an aromatic ring is 1. The molecule has 0 spiro atoms. The zero-order chi connectivity index (χ0) is 12.3. The highest BCUT2D eigenvalue weighted by Gasteiger charge is 2.19. The van der Waals surface area contributed by atoms with Crippen molar-refractivity contribution in [2.45, 2.75) is 19.8 Å². The molecule has 1 unspecified atom stereocenters. The average Bonchev–Trinajstić information content (AvgIpc) is 2.67. The first kappa shape index (κ1) is 11.9. The van der Waals surface area contributed by atoms with Gasteiger partial charge in [0.25, 0.3) is 5.91 Å². The number of ether oxygens (including phenoxy) is 1. The molecule has 94 valence electrons. The SMILES string of the molecule is Cc1[nH]nc(N)c1C(=O)NCC1CCCOC1. The number of H-pyrrole nitrogens is 1. The van der Waals surface area contributed by atoms with Crippen molar-refractivity contribution in [3.63, 3.8) is 0 Å². The van der Waals surface area contributed by atoms with Crippen LogP contribution in [0.5, 0.6) is 0 Å². The molecule has 1 aromatic rings. The van der Waals surface area contributed by atoms with Crippen molar-refractivity contribution in [3.8, 4) is 0 Å². The fraction of sp³-hybridized carbons (Fsp3) is 0.636. The smallest absolute Gasteiger partial charge is 0.256 e. The fourth-order valence-corrected chi connectivity index (χ4v) is 2.03. The summed E-state index contributed by atoms with van der Waals surface area (Å²) in [5.74, 6) is 0.486. The van der Waals surface area contributed by atoms with E-state index in [4.69, 9.17) is 10.5 Å². The molecule has 1 saturated heterocycles. The number of nitrogens with one attached hydrogen (secondary N) is 2. The molecule has 4 N–H and O–H groups in total. The van der Waals surface area contributed by atoms with Crippen LogP contribution in [0.15, 0.2) is 0 Å². The van der Waals surface area contributed by atoms with E-state index in [-0.39, 0.29) is 11.7 Å². The van der Waals surface area contributed by atoms with Gasteiger partial charge in [-0.2, -0.15) is 5.10 Å². The van der Waals surface area contributed by atoms with Crippen LogP contribution in [0.2, 0.25) is 0 Å². The predicted molar refractivity (Wildman–Crippen MR) is 63.6 cm³/mol. The number of aromatic nitrogens is 2. The van der Waals surface area contributed by atoms with Crippen molar-refractivity contribution < 1.29 is 9.53 Å². The standard InChI is InChI=1S/C11H18N4O2/c1-7-9(10(12)15-14-7)11(16)13-5-8-3-2-4-17-6-8/h8H,2-6H2,1H3,(H,13,16)(H3,12,14,15). The molecule has 1 aromatic heterocycles. The zero-order valence-electron chi connectivity index (χ0n) is 9.95. The highest BCUT2D eigenvalue weighted by molar-refractivity contribution is 5.99. The summed E-state index contributed by atoms with van der Waals surface area (Å²) in [5, 5.41) is 9.37. The van der Waals surface area contributed by atoms with Gasteiger partial charge in [-0.1, -0.05) is 0 Å². The van der Waals surface area contributed by atoms with E-state index in [0.717, 1.165) is 26.1 Å². The van der Waals surface area contributed by atoms with E-state index < -0.39 is 0 Å². The summed E-state index contributed by atoms with van der Waals surface area (Å²) < 4.78 is 5.36. The van der Waals surface area contributed by atoms with Gasteiger partial charge in [0, 0.05) is 18.8 Å². The molecular weight excluding hydrogens is 220 g/mol. The molecule has 0 saturated carbocycles. The molecule has 0 bridgehead atoms. The van der Waals surface area contributed by atoms with Crippen molar-refractivity contribution in [1.29, 1.82) is 0 Å². The minimum absolute atomic E-state index is 0.167. The Balaban J connectivity index is 1.89. The number of nitrogens with zero attached hydrogens (tertiary/aromatic N) is 1. The predicted octanol–water partition coefficient (Wildman–Crippen LogP) is 0.457. The van der Waals surface area contributed by atoms with Crippen LogP contribution in [-0.2, 0) is 4.74 Å². The third-order valence-corrected chi connectivity index (χ3v) is 3.01. The number of anilines is 1. The van der Waals surface area contributed by atoms with Crippen LogP contribution in [0.1, 0.15) is 28.9 Å². The number of hydrogen-bond acceptors (Lipinski definition) is 4. The quantitative estimate of drug-likeness (QED) is 0.713. The topological polar surface area (TPSA) is 93.0 Å². The Hall–Kier alpha value is -1.56. The van der Waals surface area contributed by atoms with Crippen LogP contribution in [-0.4, -0.2) is 35.9 Å². The van der Waals surface area contributed by atoms with Gasteiger partial charge in [0.05, 0.1) is 6.61 Å². The van der Waals surface area contributed by atoms with Gasteiger partial charge in [-0.25, -0.2) is 0 Å². The second-order valence-corrected chi connectivity index (χ2v) is 4.40. The molecule has 6 nitrogen and oxygen atoms in total. The number of rotatable bonds is 3. The first-order chi connectivity index (χ1) is 8.18. The van der Waals surface area contributed by atoms with Gasteiger partial charge in [-0.3, -0.25) is 9.89 Å². The summed E-state index contributed by atoms with van der Waals surface area (Å²) in [5.41, 5.74) is 6.76. The van der Waals surface area contributed by atoms with E-state index in [1.54, 1.807) is 6.92 Å². The Kier molecular flexibility index (Phi) is 3.63. The van der Waals surface area contributed by atoms with E-state index in [2.05, 4.69) is 15.5 Å². The van der Waals surface area contributed by atoms with Gasteiger partial charge in [0.1, 0.15) is 5.56 Å². The van der Waals surface area contributed by atoms with E-state index >= 15 is 0 Å². The number of carbonyl (C=O) groups excluding carboxylic acids is 1. The summed E-state index contributed by atoms with van der Waals surface area (Å²) in [7, 11) is 0. The van der Waals surface area contributed by atoms with Crippen LogP contribution in [0.4, 0.5) is 5.82 Å². The highest BCUT2D eigenvalue weighted by Crippen LogP contribution is 2.14. The Morgan fingerprint density at radius 1 is 1.71 bits per heavy atom. The molecule has 17 heavy (non-hydrogen) atoms. The monoisotopic (exact) mass is 238 g/mol. The summed E-state index contributed by atoms with van der Waals surface area (Å²) in [6.45, 7) is 3.96. The van der Waals surface area contributed by atoms with Crippen LogP contribution >= 0.6 is 0 Å². The maximum absolute atomic E-state index is 11.9. The normalized spacial score (nSPS) is 20.2. The third-order valence-electron chi connectivity index (χ3n) is 3.01. The maximum atomic E-state index is 11.9. The largest absolute Gasteiger partial charge is 0.382 e. The average molecular weight is 238 g/mol. The summed E-state index contributed by atoms with van der Waals surface area (Å²) in [4.78, 5) is 11.9. The summed E-state index contributed by atoms with van der Waals surface area (Å²) in [6, 6.07) is 0. The van der Waals surface area contributed by atoms with Crippen LogP contribution in [0.3, 0.4) is 0 Å². The van der Waals surface area contributed by atoms with Gasteiger partial charge in [0.15, 0.2) is 5.82 Å². The Labute approximate surface area is 99.9 Å². The molecule has 2 rings (SSSR count). The first-order valence-electron chi connectivity index (χ1n) is 5.85. The minimum atomic E-state index is -0.167. The minimum Gasteiger partial charge on any atom is -0.382 e. The lowest BCUT2D eigenvalue weighted by Crippen LogP contribution is -2.33. The van der Waals surface area contributed by atoms with E-state index in [1.165, 1.54) is 0 Å². The van der Waals surface area contributed by atoms with Gasteiger partial charge >= 0.3 is 0 Å². The van der Waals surface area contributed by atoms with Gasteiger partial charge in [0.2, 0.25) is 0 Å². The van der Waals surface area contributed by atoms with Gasteiger partial charge in [-0.15, -0.1) is 0 Å². The van der Waals surface area contributed by atoms with Crippen molar-refractivity contribution in [2.24, 2.45) is 5.92 Å². The molecule has 1 amide bonds. The second kappa shape index (κ2) is 5.18. The van der Waals surface area contributed by atoms with Crippen molar-refractivity contribution >= 4 is 11.7 Å². The van der Waals surface area contributed by atoms with E-state index in [0.29, 0.717) is 23.7 Å². The highest BCUT2D eigenvalue weighted by atomic mass is 16.5. The van der Waals surface area contributed by atoms with E-state index in [9.17, 15) is 4.79 Å². The second-order valence-electron chi connectivity index (χ2n) is 4.40. The molecular formula is C11H18N4O2. The van der Waals surface area contributed by atoms with Crippen molar-refractivity contribution in [2.75, 3.05) is 25.5 Å². The van der Waals surface area contributed by atoms with Crippen molar-refractivity contribution in [3.05, 3.63) is 11.3 Å². The Bertz CT molecular complexity index is 377. The number of amides is 1. The molecule has 6 heteroatoms. The molecule has 0 radical (unpaired) electrons. The number of carbonyl (C=O) groups is 1. The Morgan fingerprint density at radius 2 is 2.53 bits per heavy atom. The lowest BCUT2D eigenvalue weighted by molar-refractivity contribution is 0.0536. The number of aryl methyl sites for hydroxylation is 1. The van der Waals surface area contributed by atoms with Gasteiger partial charge in [-0.05, 0) is 25.7 Å². The number of nitrogens with two attached hydrogens (primary N) is 1. The summed E-state index contributed by atoms with van der Waals surface area (Å²) in [6.07, 6.45) is 2.16. The lowest BCUT2D eigenvalue weighted by atomic mass is 10.0. The van der Waals surface area contributed by atoms with Crippen molar-refractivity contribution in [1.82, 2.24) is 15.5 Å².